The van der Waals surface area contributed by atoms with Crippen LogP contribution in [0.1, 0.15) is 28.2 Å². The van der Waals surface area contributed by atoms with Gasteiger partial charge in [0, 0.05) is 13.0 Å². The van der Waals surface area contributed by atoms with E-state index in [1.807, 2.05) is 28.9 Å². The third-order valence-corrected chi connectivity index (χ3v) is 4.53. The molecule has 0 radical (unpaired) electrons. The maximum Gasteiger partial charge on any atom is 0.303 e. The lowest BCUT2D eigenvalue weighted by molar-refractivity contribution is -0.136. The zero-order valence-corrected chi connectivity index (χ0v) is 14.5. The topological polar surface area (TPSA) is 106 Å². The van der Waals surface area contributed by atoms with Crippen LogP contribution in [0.3, 0.4) is 0 Å². The first-order chi connectivity index (χ1) is 13.1. The molecule has 27 heavy (non-hydrogen) atoms. The van der Waals surface area contributed by atoms with Crippen LogP contribution in [0.5, 0.6) is 0 Å². The van der Waals surface area contributed by atoms with E-state index in [1.165, 1.54) is 6.33 Å². The summed E-state index contributed by atoms with van der Waals surface area (Å²) in [5.41, 5.74) is 2.89. The lowest BCUT2D eigenvalue weighted by Crippen LogP contribution is -2.38. The molecule has 3 heterocycles. The quantitative estimate of drug-likeness (QED) is 0.726. The van der Waals surface area contributed by atoms with Gasteiger partial charge in [0.15, 0.2) is 0 Å². The molecule has 1 aromatic carbocycles. The lowest BCUT2D eigenvalue weighted by Gasteiger charge is -2.28. The molecule has 0 bridgehead atoms. The third-order valence-electron chi connectivity index (χ3n) is 4.53. The number of fused-ring (bicyclic) bond motifs is 1. The molecule has 0 saturated carbocycles. The summed E-state index contributed by atoms with van der Waals surface area (Å²) in [6.45, 7) is 1.56. The molecule has 0 aliphatic carbocycles. The number of amides is 1. The van der Waals surface area contributed by atoms with Crippen molar-refractivity contribution in [2.24, 2.45) is 0 Å². The van der Waals surface area contributed by atoms with E-state index < -0.39 is 5.97 Å². The Morgan fingerprint density at radius 1 is 1.19 bits per heavy atom. The largest absolute Gasteiger partial charge is 0.481 e. The Bertz CT molecular complexity index is 979. The standard InChI is InChI=1S/C18H18N6O3/c25-17(26)6-5-13-9-14-10-22(7-8-23(14)21-13)18(27)15-3-1-2-4-16(15)24-12-19-11-20-24/h1-4,9,11-12H,5-8,10H2,(H,25,26). The number of hydrogen-bond donors (Lipinski definition) is 1. The van der Waals surface area contributed by atoms with Crippen molar-refractivity contribution in [3.63, 3.8) is 0 Å². The molecule has 0 unspecified atom stereocenters. The number of carbonyl (C=O) groups excluding carboxylic acids is 1. The Hall–Kier alpha value is -3.49. The van der Waals surface area contributed by atoms with Gasteiger partial charge in [-0.1, -0.05) is 12.1 Å². The van der Waals surface area contributed by atoms with Gasteiger partial charge in [0.1, 0.15) is 12.7 Å². The maximum absolute atomic E-state index is 13.1. The van der Waals surface area contributed by atoms with Gasteiger partial charge in [-0.3, -0.25) is 14.3 Å². The molecule has 9 nitrogen and oxygen atoms in total. The van der Waals surface area contributed by atoms with Crippen LogP contribution in [-0.4, -0.2) is 53.0 Å². The average Bonchev–Trinajstić information content (AvgIpc) is 3.34. The zero-order chi connectivity index (χ0) is 18.8. The van der Waals surface area contributed by atoms with Crippen LogP contribution in [0.15, 0.2) is 43.0 Å². The number of para-hydroxylation sites is 1. The third kappa shape index (κ3) is 3.43. The van der Waals surface area contributed by atoms with Crippen LogP contribution in [0, 0.1) is 0 Å². The van der Waals surface area contributed by atoms with Gasteiger partial charge in [0.2, 0.25) is 0 Å². The van der Waals surface area contributed by atoms with Crippen LogP contribution in [0.2, 0.25) is 0 Å². The monoisotopic (exact) mass is 366 g/mol. The summed E-state index contributed by atoms with van der Waals surface area (Å²) in [6, 6.07) is 9.18. The van der Waals surface area contributed by atoms with E-state index in [9.17, 15) is 9.59 Å². The van der Waals surface area contributed by atoms with Gasteiger partial charge < -0.3 is 10.0 Å². The second-order valence-electron chi connectivity index (χ2n) is 6.33. The van der Waals surface area contributed by atoms with E-state index in [4.69, 9.17) is 5.11 Å². The van der Waals surface area contributed by atoms with E-state index >= 15 is 0 Å². The summed E-state index contributed by atoms with van der Waals surface area (Å²) in [5, 5.41) is 17.4. The van der Waals surface area contributed by atoms with Crippen molar-refractivity contribution in [3.8, 4) is 5.69 Å². The summed E-state index contributed by atoms with van der Waals surface area (Å²) in [4.78, 5) is 29.6. The molecule has 2 aromatic heterocycles. The van der Waals surface area contributed by atoms with Gasteiger partial charge in [0.05, 0.1) is 42.1 Å². The number of aryl methyl sites for hydroxylation is 1. The molecule has 138 valence electrons. The molecule has 4 rings (SSSR count). The number of carboxylic acid groups (broad SMARTS) is 1. The highest BCUT2D eigenvalue weighted by Gasteiger charge is 2.25. The highest BCUT2D eigenvalue weighted by atomic mass is 16.4. The van der Waals surface area contributed by atoms with E-state index in [0.717, 1.165) is 11.4 Å². The Kier molecular flexibility index (Phi) is 4.41. The predicted octanol–water partition coefficient (Wildman–Crippen LogP) is 1.14. The van der Waals surface area contributed by atoms with E-state index in [2.05, 4.69) is 15.2 Å². The molecule has 0 saturated heterocycles. The zero-order valence-electron chi connectivity index (χ0n) is 14.5. The number of carbonyl (C=O) groups is 2. The van der Waals surface area contributed by atoms with Crippen molar-refractivity contribution in [2.45, 2.75) is 25.9 Å². The number of aliphatic carboxylic acids is 1. The minimum Gasteiger partial charge on any atom is -0.481 e. The smallest absolute Gasteiger partial charge is 0.303 e. The van der Waals surface area contributed by atoms with Crippen LogP contribution in [0.4, 0.5) is 0 Å². The Balaban J connectivity index is 1.54. The van der Waals surface area contributed by atoms with E-state index in [0.29, 0.717) is 37.3 Å². The maximum atomic E-state index is 13.1. The number of carboxylic acids is 1. The van der Waals surface area contributed by atoms with E-state index in [-0.39, 0.29) is 12.3 Å². The van der Waals surface area contributed by atoms with Crippen LogP contribution < -0.4 is 0 Å². The average molecular weight is 366 g/mol. The molecule has 1 amide bonds. The summed E-state index contributed by atoms with van der Waals surface area (Å²) >= 11 is 0. The van der Waals surface area contributed by atoms with Crippen molar-refractivity contribution in [1.82, 2.24) is 29.4 Å². The summed E-state index contributed by atoms with van der Waals surface area (Å²) in [7, 11) is 0. The molecule has 9 heteroatoms. The fourth-order valence-electron chi connectivity index (χ4n) is 3.21. The minimum atomic E-state index is -0.845. The molecule has 1 aliphatic heterocycles. The fourth-order valence-corrected chi connectivity index (χ4v) is 3.21. The van der Waals surface area contributed by atoms with Crippen LogP contribution in [-0.2, 0) is 24.3 Å². The van der Waals surface area contributed by atoms with Gasteiger partial charge in [0.25, 0.3) is 5.91 Å². The van der Waals surface area contributed by atoms with Gasteiger partial charge in [-0.25, -0.2) is 9.67 Å². The van der Waals surface area contributed by atoms with Gasteiger partial charge in [-0.15, -0.1) is 0 Å². The first kappa shape index (κ1) is 17.0. The molecular weight excluding hydrogens is 348 g/mol. The Labute approximate surface area is 154 Å². The normalized spacial score (nSPS) is 13.4. The van der Waals surface area contributed by atoms with E-state index in [1.54, 1.807) is 22.0 Å². The molecule has 1 aliphatic rings. The van der Waals surface area contributed by atoms with Crippen LogP contribution in [0.25, 0.3) is 5.69 Å². The Morgan fingerprint density at radius 2 is 2.04 bits per heavy atom. The summed E-state index contributed by atoms with van der Waals surface area (Å²) in [5.74, 6) is -0.928. The van der Waals surface area contributed by atoms with Gasteiger partial charge in [-0.05, 0) is 18.2 Å². The first-order valence-electron chi connectivity index (χ1n) is 8.62. The summed E-state index contributed by atoms with van der Waals surface area (Å²) < 4.78 is 3.43. The van der Waals surface area contributed by atoms with Gasteiger partial charge in [-0.2, -0.15) is 10.2 Å². The van der Waals surface area contributed by atoms with Crippen LogP contribution >= 0.6 is 0 Å². The van der Waals surface area contributed by atoms with Gasteiger partial charge >= 0.3 is 5.97 Å². The first-order valence-corrected chi connectivity index (χ1v) is 8.62. The number of aromatic nitrogens is 5. The highest BCUT2D eigenvalue weighted by Crippen LogP contribution is 2.20. The fraction of sp³-hybridized carbons (Fsp3) is 0.278. The van der Waals surface area contributed by atoms with Crippen molar-refractivity contribution >= 4 is 11.9 Å². The minimum absolute atomic E-state index is 0.0460. The predicted molar refractivity (Wildman–Crippen MR) is 94.3 cm³/mol. The molecular formula is C18H18N6O3. The molecule has 1 N–H and O–H groups in total. The number of rotatable bonds is 5. The molecule has 0 spiro atoms. The second-order valence-corrected chi connectivity index (χ2v) is 6.33. The summed E-state index contributed by atoms with van der Waals surface area (Å²) in [6.07, 6.45) is 3.42. The second kappa shape index (κ2) is 7.02. The number of nitrogens with zero attached hydrogens (tertiary/aromatic N) is 6. The van der Waals surface area contributed by atoms with Crippen molar-refractivity contribution in [3.05, 3.63) is 59.9 Å². The molecule has 0 fully saturated rings. The highest BCUT2D eigenvalue weighted by molar-refractivity contribution is 5.97. The Morgan fingerprint density at radius 3 is 2.81 bits per heavy atom. The molecule has 0 atom stereocenters. The van der Waals surface area contributed by atoms with Crippen molar-refractivity contribution < 1.29 is 14.7 Å². The molecule has 3 aromatic rings. The number of hydrogen-bond acceptors (Lipinski definition) is 5. The lowest BCUT2D eigenvalue weighted by atomic mass is 10.1. The van der Waals surface area contributed by atoms with Crippen molar-refractivity contribution in [2.75, 3.05) is 6.54 Å². The number of benzene rings is 1. The SMILES string of the molecule is O=C(O)CCc1cc2n(n1)CCN(C(=O)c1ccccc1-n1cncn1)C2. The van der Waals surface area contributed by atoms with Crippen molar-refractivity contribution in [1.29, 1.82) is 0 Å².